The zero-order valence-electron chi connectivity index (χ0n) is 15.3. The number of hydrogen-bond acceptors (Lipinski definition) is 7. The van der Waals surface area contributed by atoms with Crippen molar-refractivity contribution in [3.05, 3.63) is 10.4 Å². The van der Waals surface area contributed by atoms with Gasteiger partial charge in [0.05, 0.1) is 17.6 Å². The average Bonchev–Trinajstić information content (AvgIpc) is 3.42. The molecule has 6 nitrogen and oxygen atoms in total. The van der Waals surface area contributed by atoms with E-state index in [0.717, 1.165) is 46.8 Å². The number of aromatic nitrogens is 2. The Labute approximate surface area is 161 Å². The summed E-state index contributed by atoms with van der Waals surface area (Å²) in [5.41, 5.74) is 7.03. The number of carbonyl (C=O) groups is 1. The van der Waals surface area contributed by atoms with Crippen molar-refractivity contribution in [1.29, 1.82) is 0 Å². The van der Waals surface area contributed by atoms with Crippen LogP contribution in [0, 0.1) is 5.92 Å². The van der Waals surface area contributed by atoms with Crippen molar-refractivity contribution in [3.63, 3.8) is 0 Å². The maximum atomic E-state index is 12.1. The second kappa shape index (κ2) is 6.98. The Kier molecular flexibility index (Phi) is 4.83. The van der Waals surface area contributed by atoms with Crippen LogP contribution in [-0.4, -0.2) is 27.2 Å². The first-order valence-corrected chi connectivity index (χ1v) is 11.0. The van der Waals surface area contributed by atoms with E-state index in [4.69, 9.17) is 9.72 Å². The highest BCUT2D eigenvalue weighted by molar-refractivity contribution is 7.99. The van der Waals surface area contributed by atoms with Crippen molar-refractivity contribution in [1.82, 2.24) is 15.4 Å². The minimum absolute atomic E-state index is 0.0484. The van der Waals surface area contributed by atoms with E-state index in [2.05, 4.69) is 36.6 Å². The second-order valence-electron chi connectivity index (χ2n) is 7.13. The lowest BCUT2D eigenvalue weighted by Gasteiger charge is -2.33. The minimum atomic E-state index is -0.160. The number of rotatable bonds is 6. The summed E-state index contributed by atoms with van der Waals surface area (Å²) in [6.45, 7) is 7.01. The Balaban J connectivity index is 1.73. The second-order valence-corrected chi connectivity index (χ2v) is 9.44. The topological polar surface area (TPSA) is 76.1 Å². The highest BCUT2D eigenvalue weighted by Gasteiger charge is 2.34. The van der Waals surface area contributed by atoms with Gasteiger partial charge in [0.25, 0.3) is 0 Å². The summed E-state index contributed by atoms with van der Waals surface area (Å²) in [5, 5.41) is 1.77. The van der Waals surface area contributed by atoms with Crippen LogP contribution in [0.3, 0.4) is 0 Å². The summed E-state index contributed by atoms with van der Waals surface area (Å²) in [6, 6.07) is 0. The van der Waals surface area contributed by atoms with Gasteiger partial charge in [-0.1, -0.05) is 25.6 Å². The Morgan fingerprint density at radius 3 is 2.88 bits per heavy atom. The first-order chi connectivity index (χ1) is 12.5. The Morgan fingerprint density at radius 1 is 1.38 bits per heavy atom. The van der Waals surface area contributed by atoms with Crippen molar-refractivity contribution in [2.45, 2.75) is 63.8 Å². The Morgan fingerprint density at radius 2 is 2.19 bits per heavy atom. The first kappa shape index (κ1) is 18.0. The van der Waals surface area contributed by atoms with Gasteiger partial charge in [-0.15, -0.1) is 11.3 Å². The number of amides is 1. The molecule has 2 aliphatic rings. The number of nitrogens with zero attached hydrogens (tertiary/aromatic N) is 2. The van der Waals surface area contributed by atoms with Gasteiger partial charge in [0.2, 0.25) is 5.91 Å². The van der Waals surface area contributed by atoms with Crippen LogP contribution in [0.15, 0.2) is 5.16 Å². The van der Waals surface area contributed by atoms with Gasteiger partial charge in [0.1, 0.15) is 4.83 Å². The quantitative estimate of drug-likeness (QED) is 0.441. The molecule has 8 heteroatoms. The molecule has 1 fully saturated rings. The lowest BCUT2D eigenvalue weighted by molar-refractivity contribution is -0.121. The minimum Gasteiger partial charge on any atom is -0.369 e. The first-order valence-electron chi connectivity index (χ1n) is 9.18. The smallest absolute Gasteiger partial charge is 0.241 e. The molecule has 1 aliphatic carbocycles. The molecule has 1 atom stereocenters. The lowest BCUT2D eigenvalue weighted by Crippen LogP contribution is -2.34. The molecule has 1 saturated carbocycles. The summed E-state index contributed by atoms with van der Waals surface area (Å²) < 4.78 is 6.09. The molecule has 4 rings (SSSR count). The summed E-state index contributed by atoms with van der Waals surface area (Å²) >= 11 is 3.28. The van der Waals surface area contributed by atoms with E-state index in [1.54, 1.807) is 23.1 Å². The molecule has 0 radical (unpaired) electrons. The van der Waals surface area contributed by atoms with Gasteiger partial charge in [-0.05, 0) is 37.5 Å². The summed E-state index contributed by atoms with van der Waals surface area (Å²) in [7, 11) is 0. The fraction of sp³-hybridized carbons (Fsp3) is 0.611. The van der Waals surface area contributed by atoms with Crippen molar-refractivity contribution in [2.24, 2.45) is 5.92 Å². The van der Waals surface area contributed by atoms with Crippen LogP contribution in [-0.2, 0) is 22.6 Å². The van der Waals surface area contributed by atoms with Crippen LogP contribution in [0.4, 0.5) is 5.82 Å². The fourth-order valence-electron chi connectivity index (χ4n) is 3.13. The number of thioether (sulfide) groups is 1. The molecule has 0 bridgehead atoms. The average molecular weight is 393 g/mol. The lowest BCUT2D eigenvalue weighted by atomic mass is 9.90. The van der Waals surface area contributed by atoms with Crippen molar-refractivity contribution in [3.8, 4) is 0 Å². The third-order valence-electron chi connectivity index (χ3n) is 5.09. The molecule has 0 unspecified atom stereocenters. The number of anilines is 1. The zero-order chi connectivity index (χ0) is 18.3. The maximum Gasteiger partial charge on any atom is 0.241 e. The van der Waals surface area contributed by atoms with Crippen LogP contribution in [0.5, 0.6) is 0 Å². The molecule has 26 heavy (non-hydrogen) atoms. The largest absolute Gasteiger partial charge is 0.369 e. The number of nitrogens with one attached hydrogen (secondary N) is 2. The van der Waals surface area contributed by atoms with E-state index in [-0.39, 0.29) is 17.4 Å². The van der Waals surface area contributed by atoms with Crippen LogP contribution in [0.25, 0.3) is 10.2 Å². The standard InChI is InChI=1S/C18H24N4O2S2/c1-4-18(3)8-11-12(9-24-18)26-16-13(11)14(19-17(20-16)25-5-2)21-22-15(23)10-6-7-10/h10H,4-9H2,1-3H3,(H,22,23)(H,19,20,21)/t18-/m1/s1. The van der Waals surface area contributed by atoms with Gasteiger partial charge in [0.15, 0.2) is 11.0 Å². The molecule has 3 heterocycles. The van der Waals surface area contributed by atoms with Crippen LogP contribution < -0.4 is 10.9 Å². The maximum absolute atomic E-state index is 12.1. The summed E-state index contributed by atoms with van der Waals surface area (Å²) in [5.74, 6) is 1.81. The van der Waals surface area contributed by atoms with Crippen molar-refractivity contribution < 1.29 is 9.53 Å². The molecule has 1 aliphatic heterocycles. The highest BCUT2D eigenvalue weighted by atomic mass is 32.2. The van der Waals surface area contributed by atoms with E-state index in [1.165, 1.54) is 10.4 Å². The molecule has 0 spiro atoms. The van der Waals surface area contributed by atoms with Crippen LogP contribution >= 0.6 is 23.1 Å². The van der Waals surface area contributed by atoms with Gasteiger partial charge >= 0.3 is 0 Å². The normalized spacial score (nSPS) is 22.3. The van der Waals surface area contributed by atoms with Crippen molar-refractivity contribution >= 4 is 45.0 Å². The van der Waals surface area contributed by atoms with E-state index in [1.807, 2.05) is 0 Å². The Hall–Kier alpha value is -1.38. The molecule has 1 amide bonds. The number of carbonyl (C=O) groups excluding carboxylic acids is 1. The van der Waals surface area contributed by atoms with E-state index < -0.39 is 0 Å². The molecule has 2 aromatic heterocycles. The number of fused-ring (bicyclic) bond motifs is 3. The van der Waals surface area contributed by atoms with Crippen LogP contribution in [0.1, 0.15) is 50.5 Å². The molecular formula is C18H24N4O2S2. The molecule has 2 N–H and O–H groups in total. The monoisotopic (exact) mass is 392 g/mol. The third-order valence-corrected chi connectivity index (χ3v) is 6.92. The molecule has 2 aromatic rings. The molecular weight excluding hydrogens is 368 g/mol. The predicted molar refractivity (Wildman–Crippen MR) is 105 cm³/mol. The Bertz CT molecular complexity index is 849. The molecule has 0 aromatic carbocycles. The number of thiophene rings is 1. The van der Waals surface area contributed by atoms with E-state index in [0.29, 0.717) is 12.4 Å². The van der Waals surface area contributed by atoms with Gasteiger partial charge < -0.3 is 4.74 Å². The predicted octanol–water partition coefficient (Wildman–Crippen LogP) is 3.90. The summed E-state index contributed by atoms with van der Waals surface area (Å²) in [4.78, 5) is 23.7. The number of hydrazine groups is 1. The third kappa shape index (κ3) is 3.42. The molecule has 140 valence electrons. The van der Waals surface area contributed by atoms with E-state index >= 15 is 0 Å². The SMILES string of the molecule is CCSc1nc(NNC(=O)C2CC2)c2c3c(sc2n1)CO[C@](C)(CC)C3. The van der Waals surface area contributed by atoms with Gasteiger partial charge in [0, 0.05) is 17.2 Å². The van der Waals surface area contributed by atoms with Crippen LogP contribution in [0.2, 0.25) is 0 Å². The zero-order valence-corrected chi connectivity index (χ0v) is 17.0. The fourth-order valence-corrected chi connectivity index (χ4v) is 4.86. The van der Waals surface area contributed by atoms with Gasteiger partial charge in [-0.25, -0.2) is 9.97 Å². The van der Waals surface area contributed by atoms with Gasteiger partial charge in [-0.2, -0.15) is 0 Å². The van der Waals surface area contributed by atoms with E-state index in [9.17, 15) is 4.79 Å². The summed E-state index contributed by atoms with van der Waals surface area (Å²) in [6.07, 6.45) is 3.75. The number of hydrogen-bond donors (Lipinski definition) is 2. The van der Waals surface area contributed by atoms with Gasteiger partial charge in [-0.3, -0.25) is 15.6 Å². The number of ether oxygens (including phenoxy) is 1. The highest BCUT2D eigenvalue weighted by Crippen LogP contribution is 2.42. The molecule has 0 saturated heterocycles. The van der Waals surface area contributed by atoms with Crippen molar-refractivity contribution in [2.75, 3.05) is 11.2 Å².